The van der Waals surface area contributed by atoms with Gasteiger partial charge in [-0.3, -0.25) is 9.59 Å². The van der Waals surface area contributed by atoms with Gasteiger partial charge in [-0.25, -0.2) is 0 Å². The Morgan fingerprint density at radius 3 is 1.84 bits per heavy atom. The van der Waals surface area contributed by atoms with Crippen LogP contribution in [0.4, 0.5) is 0 Å². The fourth-order valence-corrected chi connectivity index (χ4v) is 3.89. The standard InChI is InChI=1S/C17H28O2/c1-13(18)16-9-7-15(8-10-16)12-17(19)11-14-5-3-2-4-6-14/h14-16H,2-12H2,1H3. The third-order valence-electron chi connectivity index (χ3n) is 5.18. The van der Waals surface area contributed by atoms with E-state index in [0.717, 1.165) is 38.5 Å². The zero-order chi connectivity index (χ0) is 13.7. The largest absolute Gasteiger partial charge is 0.300 e. The lowest BCUT2D eigenvalue weighted by Crippen LogP contribution is -2.22. The zero-order valence-electron chi connectivity index (χ0n) is 12.3. The number of rotatable bonds is 5. The average Bonchev–Trinajstić information content (AvgIpc) is 2.40. The zero-order valence-corrected chi connectivity index (χ0v) is 12.3. The van der Waals surface area contributed by atoms with Crippen LogP contribution in [0.25, 0.3) is 0 Å². The summed E-state index contributed by atoms with van der Waals surface area (Å²) in [5, 5.41) is 0. The van der Waals surface area contributed by atoms with Crippen molar-refractivity contribution in [2.45, 2.75) is 77.6 Å². The molecule has 0 aromatic carbocycles. The topological polar surface area (TPSA) is 34.1 Å². The summed E-state index contributed by atoms with van der Waals surface area (Å²) in [5.74, 6) is 2.34. The Morgan fingerprint density at radius 1 is 0.789 bits per heavy atom. The Bertz CT molecular complexity index is 307. The predicted octanol–water partition coefficient (Wildman–Crippen LogP) is 4.31. The summed E-state index contributed by atoms with van der Waals surface area (Å²) in [6.07, 6.45) is 12.3. The highest BCUT2D eigenvalue weighted by Gasteiger charge is 2.26. The minimum Gasteiger partial charge on any atom is -0.300 e. The van der Waals surface area contributed by atoms with E-state index in [1.54, 1.807) is 6.92 Å². The molecule has 2 aliphatic rings. The third-order valence-corrected chi connectivity index (χ3v) is 5.18. The maximum absolute atomic E-state index is 12.1. The van der Waals surface area contributed by atoms with Gasteiger partial charge in [-0.15, -0.1) is 0 Å². The van der Waals surface area contributed by atoms with Crippen molar-refractivity contribution in [1.82, 2.24) is 0 Å². The summed E-state index contributed by atoms with van der Waals surface area (Å²) < 4.78 is 0. The maximum Gasteiger partial charge on any atom is 0.133 e. The first-order chi connectivity index (χ1) is 9.15. The predicted molar refractivity (Wildman–Crippen MR) is 76.9 cm³/mol. The first kappa shape index (κ1) is 14.7. The van der Waals surface area contributed by atoms with Crippen LogP contribution in [-0.4, -0.2) is 11.6 Å². The van der Waals surface area contributed by atoms with E-state index in [1.165, 1.54) is 32.1 Å². The first-order valence-corrected chi connectivity index (χ1v) is 8.17. The van der Waals surface area contributed by atoms with Crippen LogP contribution in [-0.2, 0) is 9.59 Å². The van der Waals surface area contributed by atoms with Crippen LogP contribution in [0.15, 0.2) is 0 Å². The van der Waals surface area contributed by atoms with Gasteiger partial charge in [0.25, 0.3) is 0 Å². The number of hydrogen-bond acceptors (Lipinski definition) is 2. The molecular formula is C17H28O2. The minimum atomic E-state index is 0.282. The van der Waals surface area contributed by atoms with Crippen molar-refractivity contribution < 1.29 is 9.59 Å². The van der Waals surface area contributed by atoms with Gasteiger partial charge in [0, 0.05) is 18.8 Å². The van der Waals surface area contributed by atoms with Gasteiger partial charge >= 0.3 is 0 Å². The summed E-state index contributed by atoms with van der Waals surface area (Å²) >= 11 is 0. The summed E-state index contributed by atoms with van der Waals surface area (Å²) in [7, 11) is 0. The molecule has 2 aliphatic carbocycles. The molecule has 2 heteroatoms. The monoisotopic (exact) mass is 264 g/mol. The molecular weight excluding hydrogens is 236 g/mol. The van der Waals surface area contributed by atoms with Crippen LogP contribution in [0.5, 0.6) is 0 Å². The van der Waals surface area contributed by atoms with Gasteiger partial charge in [0.1, 0.15) is 11.6 Å². The van der Waals surface area contributed by atoms with Gasteiger partial charge in [0.15, 0.2) is 0 Å². The highest BCUT2D eigenvalue weighted by Crippen LogP contribution is 2.33. The van der Waals surface area contributed by atoms with Crippen molar-refractivity contribution in [2.24, 2.45) is 17.8 Å². The molecule has 0 spiro atoms. The molecule has 2 nitrogen and oxygen atoms in total. The van der Waals surface area contributed by atoms with Crippen LogP contribution in [0.3, 0.4) is 0 Å². The van der Waals surface area contributed by atoms with E-state index in [1.807, 2.05) is 0 Å². The Balaban J connectivity index is 1.67. The van der Waals surface area contributed by atoms with E-state index in [-0.39, 0.29) is 5.92 Å². The van der Waals surface area contributed by atoms with Gasteiger partial charge in [-0.05, 0) is 44.4 Å². The van der Waals surface area contributed by atoms with Crippen LogP contribution in [0.2, 0.25) is 0 Å². The summed E-state index contributed by atoms with van der Waals surface area (Å²) in [4.78, 5) is 23.5. The molecule has 0 saturated heterocycles. The molecule has 0 bridgehead atoms. The summed E-state index contributed by atoms with van der Waals surface area (Å²) in [6.45, 7) is 1.71. The molecule has 2 fully saturated rings. The van der Waals surface area contributed by atoms with Gasteiger partial charge in [-0.2, -0.15) is 0 Å². The SMILES string of the molecule is CC(=O)C1CCC(CC(=O)CC2CCCCC2)CC1. The third kappa shape index (κ3) is 4.74. The van der Waals surface area contributed by atoms with Crippen LogP contribution >= 0.6 is 0 Å². The lowest BCUT2D eigenvalue weighted by Gasteiger charge is -2.27. The fourth-order valence-electron chi connectivity index (χ4n) is 3.89. The molecule has 0 N–H and O–H groups in total. The Labute approximate surface area is 117 Å². The van der Waals surface area contributed by atoms with Gasteiger partial charge in [-0.1, -0.05) is 32.1 Å². The number of ketones is 2. The molecule has 2 rings (SSSR count). The Morgan fingerprint density at radius 2 is 1.32 bits per heavy atom. The van der Waals surface area contributed by atoms with Crippen LogP contribution in [0, 0.1) is 17.8 Å². The smallest absolute Gasteiger partial charge is 0.133 e. The van der Waals surface area contributed by atoms with Gasteiger partial charge in [0.05, 0.1) is 0 Å². The molecule has 0 atom stereocenters. The minimum absolute atomic E-state index is 0.282. The summed E-state index contributed by atoms with van der Waals surface area (Å²) in [6, 6.07) is 0. The average molecular weight is 264 g/mol. The number of Topliss-reactive ketones (excluding diaryl/α,β-unsaturated/α-hetero) is 2. The highest BCUT2D eigenvalue weighted by atomic mass is 16.1. The van der Waals surface area contributed by atoms with E-state index < -0.39 is 0 Å². The quantitative estimate of drug-likeness (QED) is 0.741. The lowest BCUT2D eigenvalue weighted by atomic mass is 9.77. The lowest BCUT2D eigenvalue weighted by molar-refractivity contribution is -0.122. The van der Waals surface area contributed by atoms with Crippen molar-refractivity contribution in [1.29, 1.82) is 0 Å². The molecule has 0 aliphatic heterocycles. The highest BCUT2D eigenvalue weighted by molar-refractivity contribution is 5.79. The fraction of sp³-hybridized carbons (Fsp3) is 0.882. The number of hydrogen-bond donors (Lipinski definition) is 0. The Kier molecular flexibility index (Phi) is 5.59. The molecule has 19 heavy (non-hydrogen) atoms. The molecule has 108 valence electrons. The molecule has 0 unspecified atom stereocenters. The van der Waals surface area contributed by atoms with Crippen molar-refractivity contribution in [3.05, 3.63) is 0 Å². The maximum atomic E-state index is 12.1. The Hall–Kier alpha value is -0.660. The van der Waals surface area contributed by atoms with Crippen molar-refractivity contribution in [3.8, 4) is 0 Å². The molecule has 0 heterocycles. The number of carbonyl (C=O) groups excluding carboxylic acids is 2. The van der Waals surface area contributed by atoms with Crippen molar-refractivity contribution in [3.63, 3.8) is 0 Å². The second kappa shape index (κ2) is 7.21. The molecule has 0 radical (unpaired) electrons. The number of carbonyl (C=O) groups is 2. The van der Waals surface area contributed by atoms with E-state index in [2.05, 4.69) is 0 Å². The molecule has 0 amide bonds. The summed E-state index contributed by atoms with van der Waals surface area (Å²) in [5.41, 5.74) is 0. The second-order valence-electron chi connectivity index (χ2n) is 6.78. The normalized spacial score (nSPS) is 29.1. The van der Waals surface area contributed by atoms with E-state index in [9.17, 15) is 9.59 Å². The molecule has 2 saturated carbocycles. The molecule has 0 aromatic rings. The molecule has 0 aromatic heterocycles. The first-order valence-electron chi connectivity index (χ1n) is 8.17. The van der Waals surface area contributed by atoms with Crippen molar-refractivity contribution in [2.75, 3.05) is 0 Å². The van der Waals surface area contributed by atoms with Crippen LogP contribution < -0.4 is 0 Å². The van der Waals surface area contributed by atoms with Gasteiger partial charge < -0.3 is 0 Å². The van der Waals surface area contributed by atoms with E-state index in [0.29, 0.717) is 23.4 Å². The van der Waals surface area contributed by atoms with Crippen LogP contribution in [0.1, 0.15) is 77.6 Å². The van der Waals surface area contributed by atoms with Gasteiger partial charge in [0.2, 0.25) is 0 Å². The van der Waals surface area contributed by atoms with Crippen molar-refractivity contribution >= 4 is 11.6 Å². The van der Waals surface area contributed by atoms with E-state index in [4.69, 9.17) is 0 Å². The van der Waals surface area contributed by atoms with E-state index >= 15 is 0 Å². The second-order valence-corrected chi connectivity index (χ2v) is 6.78.